The molecule has 246 valence electrons. The first kappa shape index (κ1) is 36.6. The highest BCUT2D eigenvalue weighted by Gasteiger charge is 2.19. The molecule has 0 saturated carbocycles. The van der Waals surface area contributed by atoms with Gasteiger partial charge in [0.25, 0.3) is 5.69 Å². The number of ketones is 2. The highest BCUT2D eigenvalue weighted by molar-refractivity contribution is 9.10. The Bertz CT molecular complexity index is 2280. The summed E-state index contributed by atoms with van der Waals surface area (Å²) in [5.41, 5.74) is 2.39. The summed E-state index contributed by atoms with van der Waals surface area (Å²) in [6, 6.07) is 27.1. The van der Waals surface area contributed by atoms with Crippen LogP contribution in [0.3, 0.4) is 0 Å². The van der Waals surface area contributed by atoms with Crippen LogP contribution in [0.5, 0.6) is 0 Å². The fourth-order valence-electron chi connectivity index (χ4n) is 4.27. The molecule has 0 radical (unpaired) electrons. The molecule has 48 heavy (non-hydrogen) atoms. The third-order valence-electron chi connectivity index (χ3n) is 6.64. The van der Waals surface area contributed by atoms with E-state index in [1.807, 2.05) is 0 Å². The van der Waals surface area contributed by atoms with Gasteiger partial charge in [0.05, 0.1) is 15.0 Å². The van der Waals surface area contributed by atoms with Gasteiger partial charge in [0.15, 0.2) is 11.6 Å². The Morgan fingerprint density at radius 2 is 1.02 bits per heavy atom. The van der Waals surface area contributed by atoms with E-state index in [0.717, 1.165) is 10.5 Å². The molecule has 0 spiro atoms. The molecule has 0 aliphatic rings. The van der Waals surface area contributed by atoms with Crippen molar-refractivity contribution in [3.63, 3.8) is 0 Å². The second-order valence-electron chi connectivity index (χ2n) is 9.93. The number of primary sulfonamides is 2. The lowest BCUT2D eigenvalue weighted by molar-refractivity contribution is -0.384. The Kier molecular flexibility index (Phi) is 11.3. The van der Waals surface area contributed by atoms with Gasteiger partial charge < -0.3 is 0 Å². The normalized spacial score (nSPS) is 11.3. The van der Waals surface area contributed by atoms with E-state index in [2.05, 4.69) is 15.9 Å². The van der Waals surface area contributed by atoms with Crippen LogP contribution in [-0.2, 0) is 20.0 Å². The zero-order chi connectivity index (χ0) is 35.4. The third-order valence-corrected chi connectivity index (χ3v) is 9.96. The molecule has 4 N–H and O–H groups in total. The third kappa shape index (κ3) is 8.99. The number of carbonyl (C=O) groups is 2. The lowest BCUT2D eigenvalue weighted by Gasteiger charge is -2.07. The Morgan fingerprint density at radius 3 is 1.44 bits per heavy atom. The summed E-state index contributed by atoms with van der Waals surface area (Å²) in [4.78, 5) is 34.8. The van der Waals surface area contributed by atoms with E-state index in [9.17, 15) is 36.5 Å². The molecular formula is C32H22BrCl2N3O8S2. The molecule has 0 aliphatic carbocycles. The quantitative estimate of drug-likeness (QED) is 0.0975. The average molecular weight is 791 g/mol. The number of hydrogen-bond acceptors (Lipinski definition) is 8. The van der Waals surface area contributed by atoms with Crippen molar-refractivity contribution in [3.8, 4) is 11.1 Å². The molecule has 0 atom stereocenters. The first-order valence-corrected chi connectivity index (χ1v) is 17.9. The van der Waals surface area contributed by atoms with E-state index in [0.29, 0.717) is 22.3 Å². The minimum Gasteiger partial charge on any atom is -0.289 e. The molecule has 0 heterocycles. The van der Waals surface area contributed by atoms with E-state index in [4.69, 9.17) is 33.5 Å². The fraction of sp³-hybridized carbons (Fsp3) is 0. The molecule has 5 rings (SSSR count). The Hall–Kier alpha value is -4.28. The van der Waals surface area contributed by atoms with Crippen molar-refractivity contribution in [2.45, 2.75) is 9.79 Å². The van der Waals surface area contributed by atoms with Crippen molar-refractivity contribution in [1.29, 1.82) is 0 Å². The summed E-state index contributed by atoms with van der Waals surface area (Å²) in [6.07, 6.45) is 0. The first-order chi connectivity index (χ1) is 22.5. The van der Waals surface area contributed by atoms with Gasteiger partial charge in [-0.1, -0.05) is 75.5 Å². The number of nitro benzene ring substituents is 1. The molecule has 0 unspecified atom stereocenters. The van der Waals surface area contributed by atoms with Crippen LogP contribution >= 0.6 is 39.1 Å². The summed E-state index contributed by atoms with van der Waals surface area (Å²) in [6.45, 7) is 0. The van der Waals surface area contributed by atoms with E-state index < -0.39 is 30.8 Å². The largest absolute Gasteiger partial charge is 0.289 e. The molecular weight excluding hydrogens is 769 g/mol. The summed E-state index contributed by atoms with van der Waals surface area (Å²) in [5, 5.41) is 21.0. The number of sulfonamides is 2. The standard InChI is InChI=1S/C19H13ClN2O5S.C13H9BrClNO3S/c20-17-9-8-15(11-18(17)28(21,26)27)19(23)13-6-4-12(5-7-13)14-2-1-3-16(10-14)22(24)25;14-10-4-1-8(2-5-10)13(17)9-3-6-11(15)12(7-9)20(16,18)19/h1-11H,(H2,21,26,27);1-7H,(H2,16,18,19). The minimum absolute atomic E-state index is 0.0140. The van der Waals surface area contributed by atoms with Crippen LogP contribution in [0, 0.1) is 10.1 Å². The molecule has 0 saturated heterocycles. The number of nitrogens with zero attached hydrogens (tertiary/aromatic N) is 1. The lowest BCUT2D eigenvalue weighted by atomic mass is 9.99. The zero-order valence-electron chi connectivity index (χ0n) is 24.2. The van der Waals surface area contributed by atoms with E-state index >= 15 is 0 Å². The first-order valence-electron chi connectivity index (χ1n) is 13.3. The van der Waals surface area contributed by atoms with Crippen LogP contribution in [0.25, 0.3) is 11.1 Å². The van der Waals surface area contributed by atoms with E-state index in [-0.39, 0.29) is 42.4 Å². The summed E-state index contributed by atoms with van der Waals surface area (Å²) >= 11 is 14.9. The zero-order valence-corrected chi connectivity index (χ0v) is 28.9. The Labute approximate surface area is 293 Å². The number of non-ortho nitro benzene ring substituents is 1. The molecule has 0 amide bonds. The number of nitro groups is 1. The number of rotatable bonds is 8. The number of benzene rings is 5. The summed E-state index contributed by atoms with van der Waals surface area (Å²) in [7, 11) is -8.03. The number of nitrogens with two attached hydrogens (primary N) is 2. The summed E-state index contributed by atoms with van der Waals surface area (Å²) in [5.74, 6) is -0.716. The molecule has 0 aromatic heterocycles. The van der Waals surface area contributed by atoms with Crippen molar-refractivity contribution >= 4 is 76.4 Å². The second-order valence-corrected chi connectivity index (χ2v) is 14.7. The van der Waals surface area contributed by atoms with Crippen molar-refractivity contribution in [2.24, 2.45) is 10.3 Å². The smallest absolute Gasteiger partial charge is 0.270 e. The maximum atomic E-state index is 12.7. The molecule has 0 fully saturated rings. The molecule has 5 aromatic carbocycles. The van der Waals surface area contributed by atoms with Gasteiger partial charge >= 0.3 is 0 Å². The predicted molar refractivity (Wildman–Crippen MR) is 185 cm³/mol. The number of carbonyl (C=O) groups excluding carboxylic acids is 2. The topological polar surface area (TPSA) is 198 Å². The maximum absolute atomic E-state index is 12.7. The summed E-state index contributed by atoms with van der Waals surface area (Å²) < 4.78 is 46.8. The van der Waals surface area contributed by atoms with Crippen molar-refractivity contribution in [2.75, 3.05) is 0 Å². The minimum atomic E-state index is -4.06. The van der Waals surface area contributed by atoms with Crippen LogP contribution in [0.1, 0.15) is 31.8 Å². The molecule has 11 nitrogen and oxygen atoms in total. The molecule has 0 bridgehead atoms. The van der Waals surface area contributed by atoms with Crippen LogP contribution in [0.4, 0.5) is 5.69 Å². The van der Waals surface area contributed by atoms with E-state index in [1.54, 1.807) is 60.7 Å². The number of halogens is 3. The predicted octanol–water partition coefficient (Wildman–Crippen LogP) is 6.77. The van der Waals surface area contributed by atoms with Gasteiger partial charge in [0, 0.05) is 38.9 Å². The van der Waals surface area contributed by atoms with Crippen molar-refractivity contribution in [1.82, 2.24) is 0 Å². The van der Waals surface area contributed by atoms with E-state index in [1.165, 1.54) is 42.5 Å². The molecule has 0 aliphatic heterocycles. The van der Waals surface area contributed by atoms with Gasteiger partial charge in [-0.3, -0.25) is 19.7 Å². The highest BCUT2D eigenvalue weighted by atomic mass is 79.9. The van der Waals surface area contributed by atoms with Gasteiger partial charge in [0.2, 0.25) is 20.0 Å². The lowest BCUT2D eigenvalue weighted by Crippen LogP contribution is -2.14. The Morgan fingerprint density at radius 1 is 0.604 bits per heavy atom. The number of hydrogen-bond donors (Lipinski definition) is 2. The highest BCUT2D eigenvalue weighted by Crippen LogP contribution is 2.27. The maximum Gasteiger partial charge on any atom is 0.270 e. The van der Waals surface area contributed by atoms with Crippen LogP contribution in [0.2, 0.25) is 10.0 Å². The van der Waals surface area contributed by atoms with Crippen molar-refractivity contribution < 1.29 is 31.3 Å². The van der Waals surface area contributed by atoms with Crippen LogP contribution < -0.4 is 10.3 Å². The van der Waals surface area contributed by atoms with Crippen LogP contribution in [0.15, 0.2) is 123 Å². The van der Waals surface area contributed by atoms with Crippen LogP contribution in [-0.4, -0.2) is 33.3 Å². The SMILES string of the molecule is NS(=O)(=O)c1cc(C(=O)c2ccc(-c3cccc([N+](=O)[O-])c3)cc2)ccc1Cl.NS(=O)(=O)c1cc(C(=O)c2ccc(Br)cc2)ccc1Cl. The van der Waals surface area contributed by atoms with Gasteiger partial charge in [0.1, 0.15) is 9.79 Å². The molecule has 16 heteroatoms. The molecule has 5 aromatic rings. The second kappa shape index (κ2) is 14.9. The average Bonchev–Trinajstić information content (AvgIpc) is 3.04. The van der Waals surface area contributed by atoms with Gasteiger partial charge in [-0.05, 0) is 71.8 Å². The monoisotopic (exact) mass is 789 g/mol. The van der Waals surface area contributed by atoms with Gasteiger partial charge in [-0.25, -0.2) is 27.1 Å². The Balaban J connectivity index is 0.000000229. The van der Waals surface area contributed by atoms with Crippen molar-refractivity contribution in [3.05, 3.63) is 156 Å². The van der Waals surface area contributed by atoms with Gasteiger partial charge in [-0.2, -0.15) is 0 Å². The van der Waals surface area contributed by atoms with Gasteiger partial charge in [-0.15, -0.1) is 0 Å². The fourth-order valence-corrected chi connectivity index (χ4v) is 6.68.